The van der Waals surface area contributed by atoms with E-state index in [1.807, 2.05) is 56.3 Å². The molecule has 170 valence electrons. The fourth-order valence-corrected chi connectivity index (χ4v) is 3.54. The number of amides is 2. The van der Waals surface area contributed by atoms with Crippen LogP contribution < -0.4 is 25.0 Å². The Balaban J connectivity index is 1.74. The molecule has 0 aromatic heterocycles. The summed E-state index contributed by atoms with van der Waals surface area (Å²) in [7, 11) is 8.62. The third kappa shape index (κ3) is 5.03. The van der Waals surface area contributed by atoms with Crippen molar-refractivity contribution in [3.63, 3.8) is 0 Å². The van der Waals surface area contributed by atoms with Gasteiger partial charge < -0.3 is 29.9 Å². The lowest BCUT2D eigenvalue weighted by Crippen LogP contribution is -2.34. The van der Waals surface area contributed by atoms with Crippen LogP contribution in [0.5, 0.6) is 11.5 Å². The van der Waals surface area contributed by atoms with Gasteiger partial charge in [0.05, 0.1) is 26.5 Å². The molecule has 8 nitrogen and oxygen atoms in total. The first-order valence-electron chi connectivity index (χ1n) is 10.3. The number of nitrogens with zero attached hydrogens (tertiary/aromatic N) is 2. The molecule has 0 saturated heterocycles. The van der Waals surface area contributed by atoms with Gasteiger partial charge in [0.25, 0.3) is 5.91 Å². The predicted octanol–water partition coefficient (Wildman–Crippen LogP) is 3.06. The lowest BCUT2D eigenvalue weighted by Gasteiger charge is -2.20. The van der Waals surface area contributed by atoms with Gasteiger partial charge in [-0.15, -0.1) is 0 Å². The van der Waals surface area contributed by atoms with Crippen molar-refractivity contribution in [2.75, 3.05) is 57.4 Å². The van der Waals surface area contributed by atoms with Gasteiger partial charge in [0.2, 0.25) is 5.91 Å². The van der Waals surface area contributed by atoms with Crippen LogP contribution in [0.2, 0.25) is 0 Å². The van der Waals surface area contributed by atoms with E-state index in [-0.39, 0.29) is 17.9 Å². The number of ether oxygens (including phenoxy) is 2. The number of benzene rings is 2. The molecule has 1 heterocycles. The Labute approximate surface area is 188 Å². The minimum absolute atomic E-state index is 0.0202. The van der Waals surface area contributed by atoms with Crippen molar-refractivity contribution in [3.8, 4) is 11.5 Å². The van der Waals surface area contributed by atoms with Crippen molar-refractivity contribution in [1.82, 2.24) is 4.90 Å². The first-order chi connectivity index (χ1) is 15.2. The first-order valence-corrected chi connectivity index (χ1v) is 10.3. The van der Waals surface area contributed by atoms with Crippen molar-refractivity contribution in [2.24, 2.45) is 0 Å². The third-order valence-corrected chi connectivity index (χ3v) is 5.20. The van der Waals surface area contributed by atoms with Gasteiger partial charge in [-0.1, -0.05) is 0 Å². The maximum Gasteiger partial charge on any atom is 0.256 e. The van der Waals surface area contributed by atoms with Crippen LogP contribution >= 0.6 is 0 Å². The number of methoxy groups -OCH3 is 2. The Morgan fingerprint density at radius 2 is 1.72 bits per heavy atom. The summed E-state index contributed by atoms with van der Waals surface area (Å²) in [6.45, 7) is 2.32. The zero-order valence-electron chi connectivity index (χ0n) is 19.4. The second kappa shape index (κ2) is 9.74. The van der Waals surface area contributed by atoms with Crippen molar-refractivity contribution in [2.45, 2.75) is 13.0 Å². The van der Waals surface area contributed by atoms with Crippen LogP contribution in [-0.2, 0) is 9.59 Å². The molecule has 0 radical (unpaired) electrons. The number of carbonyl (C=O) groups excluding carboxylic acids is 2. The molecule has 2 aromatic carbocycles. The van der Waals surface area contributed by atoms with Crippen LogP contribution in [-0.4, -0.2) is 64.7 Å². The van der Waals surface area contributed by atoms with Crippen LogP contribution in [0.1, 0.15) is 12.5 Å². The quantitative estimate of drug-likeness (QED) is 0.617. The topological polar surface area (TPSA) is 83.1 Å². The summed E-state index contributed by atoms with van der Waals surface area (Å²) >= 11 is 0. The minimum Gasteiger partial charge on any atom is -0.493 e. The highest BCUT2D eigenvalue weighted by Gasteiger charge is 2.27. The summed E-state index contributed by atoms with van der Waals surface area (Å²) in [5.74, 6) is 0.984. The van der Waals surface area contributed by atoms with Crippen molar-refractivity contribution in [3.05, 3.63) is 48.0 Å². The summed E-state index contributed by atoms with van der Waals surface area (Å²) in [4.78, 5) is 28.3. The average Bonchev–Trinajstić information content (AvgIpc) is 3.06. The molecule has 2 amide bonds. The number of hydrogen-bond acceptors (Lipinski definition) is 6. The van der Waals surface area contributed by atoms with Crippen molar-refractivity contribution < 1.29 is 19.1 Å². The van der Waals surface area contributed by atoms with E-state index in [1.165, 1.54) is 0 Å². The molecular weight excluding hydrogens is 408 g/mol. The molecule has 2 N–H and O–H groups in total. The number of carbonyl (C=O) groups is 2. The number of rotatable bonds is 8. The zero-order chi connectivity index (χ0) is 23.4. The van der Waals surface area contributed by atoms with Gasteiger partial charge in [0.1, 0.15) is 0 Å². The highest BCUT2D eigenvalue weighted by atomic mass is 16.5. The van der Waals surface area contributed by atoms with Gasteiger partial charge in [-0.2, -0.15) is 0 Å². The zero-order valence-corrected chi connectivity index (χ0v) is 19.4. The average molecular weight is 439 g/mol. The fraction of sp³-hybridized carbons (Fsp3) is 0.333. The maximum absolute atomic E-state index is 12.5. The number of likely N-dealkylation sites (N-methyl/N-ethyl adjacent to an activating group) is 2. The molecule has 1 unspecified atom stereocenters. The summed E-state index contributed by atoms with van der Waals surface area (Å²) in [5, 5.41) is 6.25. The summed E-state index contributed by atoms with van der Waals surface area (Å²) < 4.78 is 10.7. The molecule has 0 saturated carbocycles. The third-order valence-electron chi connectivity index (χ3n) is 5.20. The second-order valence-corrected chi connectivity index (χ2v) is 7.96. The van der Waals surface area contributed by atoms with E-state index >= 15 is 0 Å². The molecule has 1 atom stereocenters. The molecule has 0 bridgehead atoms. The van der Waals surface area contributed by atoms with E-state index in [0.717, 1.165) is 16.9 Å². The van der Waals surface area contributed by atoms with Crippen molar-refractivity contribution in [1.29, 1.82) is 0 Å². The van der Waals surface area contributed by atoms with Gasteiger partial charge in [0, 0.05) is 41.7 Å². The van der Waals surface area contributed by atoms with Gasteiger partial charge in [-0.25, -0.2) is 0 Å². The fourth-order valence-electron chi connectivity index (χ4n) is 3.54. The Morgan fingerprint density at radius 1 is 1.09 bits per heavy atom. The Hall–Kier alpha value is -3.52. The van der Waals surface area contributed by atoms with Crippen LogP contribution in [0, 0.1) is 0 Å². The Morgan fingerprint density at radius 3 is 2.31 bits per heavy atom. The molecule has 3 rings (SSSR count). The van der Waals surface area contributed by atoms with Crippen LogP contribution in [0.25, 0.3) is 5.57 Å². The highest BCUT2D eigenvalue weighted by molar-refractivity contribution is 6.31. The normalized spacial score (nSPS) is 14.7. The highest BCUT2D eigenvalue weighted by Crippen LogP contribution is 2.40. The number of fused-ring (bicyclic) bond motifs is 1. The summed E-state index contributed by atoms with van der Waals surface area (Å²) in [5.41, 5.74) is 3.75. The van der Waals surface area contributed by atoms with E-state index in [2.05, 4.69) is 10.6 Å². The van der Waals surface area contributed by atoms with E-state index in [9.17, 15) is 9.59 Å². The summed E-state index contributed by atoms with van der Waals surface area (Å²) in [6, 6.07) is 11.1. The standard InChI is InChI=1S/C24H30N4O4/c1-15(25-16-7-9-17(10-8-16)28(4)23(29)14-27(2)3)11-19-18-12-21(31-5)22(32-6)13-20(18)26-24(19)30/h7-13,15,25H,14H2,1-6H3,(H,26,30). The predicted molar refractivity (Wildman–Crippen MR) is 128 cm³/mol. The van der Waals surface area contributed by atoms with E-state index in [1.54, 1.807) is 38.3 Å². The second-order valence-electron chi connectivity index (χ2n) is 7.96. The molecule has 1 aliphatic heterocycles. The summed E-state index contributed by atoms with van der Waals surface area (Å²) in [6.07, 6.45) is 1.88. The lowest BCUT2D eigenvalue weighted by atomic mass is 10.0. The lowest BCUT2D eigenvalue weighted by molar-refractivity contribution is -0.119. The minimum atomic E-state index is -0.166. The monoisotopic (exact) mass is 438 g/mol. The molecule has 32 heavy (non-hydrogen) atoms. The number of hydrogen-bond donors (Lipinski definition) is 2. The van der Waals surface area contributed by atoms with Crippen LogP contribution in [0.3, 0.4) is 0 Å². The SMILES string of the molecule is COc1cc2c(cc1OC)C(=CC(C)Nc1ccc(N(C)C(=O)CN(C)C)cc1)C(=O)N2. The van der Waals surface area contributed by atoms with Gasteiger partial charge in [-0.3, -0.25) is 9.59 Å². The molecule has 0 aliphatic carbocycles. The van der Waals surface area contributed by atoms with Gasteiger partial charge >= 0.3 is 0 Å². The van der Waals surface area contributed by atoms with Crippen LogP contribution in [0.4, 0.5) is 17.1 Å². The van der Waals surface area contributed by atoms with E-state index < -0.39 is 0 Å². The largest absolute Gasteiger partial charge is 0.493 e. The molecule has 2 aromatic rings. The molecule has 8 heteroatoms. The number of nitrogens with one attached hydrogen (secondary N) is 2. The van der Waals surface area contributed by atoms with Crippen molar-refractivity contribution >= 4 is 34.4 Å². The smallest absolute Gasteiger partial charge is 0.256 e. The molecular formula is C24H30N4O4. The van der Waals surface area contributed by atoms with Gasteiger partial charge in [0.15, 0.2) is 11.5 Å². The number of anilines is 3. The van der Waals surface area contributed by atoms with E-state index in [4.69, 9.17) is 9.47 Å². The molecule has 0 spiro atoms. The molecule has 1 aliphatic rings. The Bertz CT molecular complexity index is 1030. The first kappa shape index (κ1) is 23.1. The molecule has 0 fully saturated rings. The maximum atomic E-state index is 12.5. The van der Waals surface area contributed by atoms with Crippen LogP contribution in [0.15, 0.2) is 42.5 Å². The van der Waals surface area contributed by atoms with Gasteiger partial charge in [-0.05, 0) is 57.4 Å². The Kier molecular flexibility index (Phi) is 7.05. The van der Waals surface area contributed by atoms with E-state index in [0.29, 0.717) is 29.3 Å².